The second kappa shape index (κ2) is 6.53. The van der Waals surface area contributed by atoms with Crippen LogP contribution in [0.2, 0.25) is 0 Å². The summed E-state index contributed by atoms with van der Waals surface area (Å²) < 4.78 is 6.79. The summed E-state index contributed by atoms with van der Waals surface area (Å²) in [5.74, 6) is 0. The van der Waals surface area contributed by atoms with Gasteiger partial charge in [-0.1, -0.05) is 18.6 Å². The summed E-state index contributed by atoms with van der Waals surface area (Å²) in [5.41, 5.74) is 6.82. The Labute approximate surface area is 90.6 Å². The molecule has 5 heteroatoms. The third-order valence-electron chi connectivity index (χ3n) is 2.27. The van der Waals surface area contributed by atoms with E-state index in [4.69, 9.17) is 10.5 Å². The second-order valence-electron chi connectivity index (χ2n) is 3.65. The van der Waals surface area contributed by atoms with Crippen molar-refractivity contribution in [1.29, 1.82) is 0 Å². The average molecular weight is 212 g/mol. The summed E-state index contributed by atoms with van der Waals surface area (Å²) in [5, 5.41) is 8.08. The minimum absolute atomic E-state index is 0.0196. The van der Waals surface area contributed by atoms with E-state index in [1.807, 2.05) is 10.9 Å². The molecule has 0 fully saturated rings. The third-order valence-corrected chi connectivity index (χ3v) is 2.27. The molecule has 1 aromatic heterocycles. The molecule has 0 saturated heterocycles. The molecule has 0 aliphatic heterocycles. The van der Waals surface area contributed by atoms with Crippen LogP contribution in [0.5, 0.6) is 0 Å². The van der Waals surface area contributed by atoms with Gasteiger partial charge in [0.25, 0.3) is 0 Å². The summed E-state index contributed by atoms with van der Waals surface area (Å²) in [4.78, 5) is 0. The van der Waals surface area contributed by atoms with Gasteiger partial charge in [0.05, 0.1) is 17.9 Å². The highest BCUT2D eigenvalue weighted by atomic mass is 16.5. The molecule has 86 valence electrons. The predicted molar refractivity (Wildman–Crippen MR) is 58.4 cm³/mol. The first-order valence-corrected chi connectivity index (χ1v) is 5.42. The van der Waals surface area contributed by atoms with Crippen LogP contribution in [0, 0.1) is 0 Å². The molecule has 0 saturated carbocycles. The minimum atomic E-state index is 0.0196. The van der Waals surface area contributed by atoms with Crippen LogP contribution in [0.3, 0.4) is 0 Å². The lowest BCUT2D eigenvalue weighted by Crippen LogP contribution is -2.10. The second-order valence-corrected chi connectivity index (χ2v) is 3.65. The maximum Gasteiger partial charge on any atom is 0.0994 e. The Bertz CT molecular complexity index is 274. The molecule has 1 rings (SSSR count). The van der Waals surface area contributed by atoms with E-state index in [-0.39, 0.29) is 6.04 Å². The number of hydrogen-bond donors (Lipinski definition) is 1. The minimum Gasteiger partial charge on any atom is -0.385 e. The largest absolute Gasteiger partial charge is 0.385 e. The van der Waals surface area contributed by atoms with Crippen LogP contribution in [-0.4, -0.2) is 28.7 Å². The fourth-order valence-corrected chi connectivity index (χ4v) is 1.42. The Morgan fingerprint density at radius 2 is 2.40 bits per heavy atom. The first-order valence-electron chi connectivity index (χ1n) is 5.42. The molecule has 15 heavy (non-hydrogen) atoms. The van der Waals surface area contributed by atoms with Crippen molar-refractivity contribution in [2.75, 3.05) is 13.7 Å². The van der Waals surface area contributed by atoms with Gasteiger partial charge in [0.15, 0.2) is 0 Å². The van der Waals surface area contributed by atoms with Crippen molar-refractivity contribution in [2.45, 2.75) is 38.8 Å². The lowest BCUT2D eigenvalue weighted by atomic mass is 10.1. The number of nitrogens with two attached hydrogens (primary N) is 1. The van der Waals surface area contributed by atoms with Crippen molar-refractivity contribution in [3.8, 4) is 0 Å². The molecule has 1 aromatic rings. The van der Waals surface area contributed by atoms with E-state index in [0.29, 0.717) is 0 Å². The van der Waals surface area contributed by atoms with E-state index in [2.05, 4.69) is 17.2 Å². The highest BCUT2D eigenvalue weighted by Gasteiger charge is 2.08. The van der Waals surface area contributed by atoms with Crippen LogP contribution in [0.15, 0.2) is 6.20 Å². The average Bonchev–Trinajstić information content (AvgIpc) is 2.67. The van der Waals surface area contributed by atoms with E-state index >= 15 is 0 Å². The molecular formula is C10H20N4O. The Kier molecular flexibility index (Phi) is 5.28. The predicted octanol–water partition coefficient (Wildman–Crippen LogP) is 1.11. The van der Waals surface area contributed by atoms with Crippen molar-refractivity contribution < 1.29 is 4.74 Å². The smallest absolute Gasteiger partial charge is 0.0994 e. The molecule has 5 nitrogen and oxygen atoms in total. The lowest BCUT2D eigenvalue weighted by molar-refractivity contribution is 0.188. The zero-order valence-corrected chi connectivity index (χ0v) is 9.52. The Hall–Kier alpha value is -0.940. The third kappa shape index (κ3) is 3.97. The highest BCUT2D eigenvalue weighted by Crippen LogP contribution is 2.11. The molecule has 0 aromatic carbocycles. The number of ether oxygens (including phenoxy) is 1. The molecule has 1 heterocycles. The van der Waals surface area contributed by atoms with Gasteiger partial charge < -0.3 is 10.5 Å². The number of aromatic nitrogens is 3. The van der Waals surface area contributed by atoms with Crippen LogP contribution >= 0.6 is 0 Å². The summed E-state index contributed by atoms with van der Waals surface area (Å²) in [6.45, 7) is 3.69. The van der Waals surface area contributed by atoms with Crippen molar-refractivity contribution in [2.24, 2.45) is 5.73 Å². The first-order chi connectivity index (χ1) is 7.27. The van der Waals surface area contributed by atoms with Crippen LogP contribution in [0.1, 0.15) is 37.9 Å². The van der Waals surface area contributed by atoms with Crippen molar-refractivity contribution >= 4 is 0 Å². The van der Waals surface area contributed by atoms with Gasteiger partial charge in [-0.2, -0.15) is 0 Å². The zero-order chi connectivity index (χ0) is 11.1. The summed E-state index contributed by atoms with van der Waals surface area (Å²) >= 11 is 0. The maximum absolute atomic E-state index is 5.93. The molecule has 0 aliphatic rings. The molecule has 2 N–H and O–H groups in total. The van der Waals surface area contributed by atoms with Gasteiger partial charge in [-0.15, -0.1) is 5.10 Å². The van der Waals surface area contributed by atoms with E-state index in [1.54, 1.807) is 7.11 Å². The summed E-state index contributed by atoms with van der Waals surface area (Å²) in [6.07, 6.45) is 4.90. The molecule has 1 unspecified atom stereocenters. The highest BCUT2D eigenvalue weighted by molar-refractivity contribution is 4.99. The maximum atomic E-state index is 5.93. The summed E-state index contributed by atoms with van der Waals surface area (Å²) in [6, 6.07) is 0.0196. The topological polar surface area (TPSA) is 66.0 Å². The van der Waals surface area contributed by atoms with Gasteiger partial charge in [-0.05, 0) is 12.8 Å². The molecule has 0 radical (unpaired) electrons. The van der Waals surface area contributed by atoms with Crippen LogP contribution < -0.4 is 5.73 Å². The number of nitrogens with zero attached hydrogens (tertiary/aromatic N) is 3. The lowest BCUT2D eigenvalue weighted by Gasteiger charge is -2.04. The van der Waals surface area contributed by atoms with Gasteiger partial charge in [-0.3, -0.25) is 4.68 Å². The molecule has 0 amide bonds. The fraction of sp³-hybridized carbons (Fsp3) is 0.800. The van der Waals surface area contributed by atoms with Crippen molar-refractivity contribution in [3.05, 3.63) is 11.9 Å². The van der Waals surface area contributed by atoms with Gasteiger partial charge in [0.2, 0.25) is 0 Å². The van der Waals surface area contributed by atoms with Gasteiger partial charge in [-0.25, -0.2) is 0 Å². The van der Waals surface area contributed by atoms with E-state index in [1.165, 1.54) is 0 Å². The van der Waals surface area contributed by atoms with Crippen LogP contribution in [-0.2, 0) is 11.3 Å². The first kappa shape index (κ1) is 12.1. The summed E-state index contributed by atoms with van der Waals surface area (Å²) in [7, 11) is 1.70. The number of aryl methyl sites for hydroxylation is 1. The standard InChI is InChI=1S/C10H20N4O/c1-3-5-9(11)10-8-14(13-12-10)6-4-7-15-2/h8-9H,3-7,11H2,1-2H3. The number of rotatable bonds is 7. The zero-order valence-electron chi connectivity index (χ0n) is 9.52. The molecular weight excluding hydrogens is 192 g/mol. The van der Waals surface area contributed by atoms with Gasteiger partial charge in [0, 0.05) is 20.3 Å². The van der Waals surface area contributed by atoms with Gasteiger partial charge in [0.1, 0.15) is 0 Å². The van der Waals surface area contributed by atoms with Crippen molar-refractivity contribution in [1.82, 2.24) is 15.0 Å². The van der Waals surface area contributed by atoms with E-state index in [0.717, 1.165) is 38.1 Å². The fourth-order valence-electron chi connectivity index (χ4n) is 1.42. The monoisotopic (exact) mass is 212 g/mol. The molecule has 0 aliphatic carbocycles. The molecule has 0 bridgehead atoms. The number of hydrogen-bond acceptors (Lipinski definition) is 4. The Morgan fingerprint density at radius 3 is 3.07 bits per heavy atom. The quantitative estimate of drug-likeness (QED) is 0.688. The SMILES string of the molecule is CCCC(N)c1cn(CCCOC)nn1. The van der Waals surface area contributed by atoms with Crippen LogP contribution in [0.4, 0.5) is 0 Å². The molecule has 1 atom stereocenters. The van der Waals surface area contributed by atoms with E-state index in [9.17, 15) is 0 Å². The Morgan fingerprint density at radius 1 is 1.60 bits per heavy atom. The normalized spacial score (nSPS) is 13.0. The van der Waals surface area contributed by atoms with E-state index < -0.39 is 0 Å². The Balaban J connectivity index is 2.41. The van der Waals surface area contributed by atoms with Gasteiger partial charge >= 0.3 is 0 Å². The van der Waals surface area contributed by atoms with Crippen LogP contribution in [0.25, 0.3) is 0 Å². The van der Waals surface area contributed by atoms with Crippen molar-refractivity contribution in [3.63, 3.8) is 0 Å². The molecule has 0 spiro atoms. The number of methoxy groups -OCH3 is 1.